The molecule has 14 nitrogen and oxygen atoms in total. The summed E-state index contributed by atoms with van der Waals surface area (Å²) in [6, 6.07) is 3.94. The van der Waals surface area contributed by atoms with Gasteiger partial charge in [-0.2, -0.15) is 0 Å². The molecule has 0 aliphatic heterocycles. The highest BCUT2D eigenvalue weighted by Gasteiger charge is 2.31. The molecule has 4 unspecified atom stereocenters. The molecule has 0 saturated carbocycles. The second kappa shape index (κ2) is 15.8. The van der Waals surface area contributed by atoms with Crippen molar-refractivity contribution in [3.63, 3.8) is 0 Å². The van der Waals surface area contributed by atoms with Crippen LogP contribution in [0.1, 0.15) is 38.7 Å². The minimum absolute atomic E-state index is 0.0190. The van der Waals surface area contributed by atoms with Crippen molar-refractivity contribution in [2.24, 2.45) is 33.8 Å². The summed E-state index contributed by atoms with van der Waals surface area (Å²) in [6.45, 7) is 3.64. The van der Waals surface area contributed by atoms with E-state index in [0.717, 1.165) is 0 Å². The predicted molar refractivity (Wildman–Crippen MR) is 140 cm³/mol. The second-order valence-corrected chi connectivity index (χ2v) is 9.10. The molecular weight excluding hydrogens is 496 g/mol. The van der Waals surface area contributed by atoms with Gasteiger partial charge in [-0.15, -0.1) is 0 Å². The number of nitrogens with zero attached hydrogens (tertiary/aromatic N) is 1. The van der Waals surface area contributed by atoms with E-state index < -0.39 is 60.2 Å². The number of aliphatic carboxylic acids is 1. The largest absolute Gasteiger partial charge is 0.480 e. The third-order valence-corrected chi connectivity index (χ3v) is 5.53. The SMILES string of the molecule is CC(C)C(N)C(=O)NC(Cc1ccccc1)C(=O)NC(CC(N)=O)C(=O)NC(CCCN=C(N)N)C(=O)O. The zero-order chi connectivity index (χ0) is 28.8. The maximum absolute atomic E-state index is 13.2. The van der Waals surface area contributed by atoms with E-state index in [1.807, 2.05) is 0 Å². The number of carboxylic acid groups (broad SMARTS) is 1. The molecule has 210 valence electrons. The smallest absolute Gasteiger partial charge is 0.326 e. The van der Waals surface area contributed by atoms with Gasteiger partial charge < -0.3 is 44.0 Å². The number of hydrogen-bond acceptors (Lipinski definition) is 7. The van der Waals surface area contributed by atoms with E-state index >= 15 is 0 Å². The zero-order valence-electron chi connectivity index (χ0n) is 21.6. The van der Waals surface area contributed by atoms with Gasteiger partial charge in [0, 0.05) is 13.0 Å². The average molecular weight is 535 g/mol. The van der Waals surface area contributed by atoms with E-state index in [9.17, 15) is 29.1 Å². The number of aliphatic imine (C=N–C) groups is 1. The molecule has 0 bridgehead atoms. The predicted octanol–water partition coefficient (Wildman–Crippen LogP) is -2.32. The van der Waals surface area contributed by atoms with Crippen LogP contribution in [0.4, 0.5) is 0 Å². The summed E-state index contributed by atoms with van der Waals surface area (Å²) in [7, 11) is 0. The molecular formula is C24H38N8O6. The summed E-state index contributed by atoms with van der Waals surface area (Å²) in [6.07, 6.45) is -0.315. The number of amides is 4. The third-order valence-electron chi connectivity index (χ3n) is 5.53. The Bertz CT molecular complexity index is 997. The van der Waals surface area contributed by atoms with Gasteiger partial charge in [0.2, 0.25) is 23.6 Å². The van der Waals surface area contributed by atoms with Crippen molar-refractivity contribution < 1.29 is 29.1 Å². The fourth-order valence-electron chi connectivity index (χ4n) is 3.35. The van der Waals surface area contributed by atoms with Crippen molar-refractivity contribution in [3.8, 4) is 0 Å². The Hall–Kier alpha value is -4.20. The van der Waals surface area contributed by atoms with Gasteiger partial charge in [-0.05, 0) is 24.3 Å². The fraction of sp³-hybridized carbons (Fsp3) is 0.500. The monoisotopic (exact) mass is 534 g/mol. The Kier molecular flexibility index (Phi) is 13.2. The molecule has 0 aliphatic rings. The molecule has 1 aromatic rings. The van der Waals surface area contributed by atoms with Crippen LogP contribution in [0.15, 0.2) is 35.3 Å². The van der Waals surface area contributed by atoms with Gasteiger partial charge >= 0.3 is 5.97 Å². The molecule has 1 aromatic carbocycles. The first kappa shape index (κ1) is 31.8. The van der Waals surface area contributed by atoms with Crippen molar-refractivity contribution >= 4 is 35.6 Å². The van der Waals surface area contributed by atoms with E-state index in [2.05, 4.69) is 20.9 Å². The van der Waals surface area contributed by atoms with Crippen LogP contribution in [0.25, 0.3) is 0 Å². The van der Waals surface area contributed by atoms with Crippen molar-refractivity contribution in [1.29, 1.82) is 0 Å². The van der Waals surface area contributed by atoms with Crippen LogP contribution in [-0.2, 0) is 30.4 Å². The highest BCUT2D eigenvalue weighted by atomic mass is 16.4. The maximum atomic E-state index is 13.2. The van der Waals surface area contributed by atoms with Gasteiger partial charge in [0.25, 0.3) is 0 Å². The van der Waals surface area contributed by atoms with E-state index in [1.54, 1.807) is 44.2 Å². The summed E-state index contributed by atoms with van der Waals surface area (Å²) in [5.41, 5.74) is 22.4. The number of nitrogens with one attached hydrogen (secondary N) is 3. The van der Waals surface area contributed by atoms with Crippen molar-refractivity contribution in [3.05, 3.63) is 35.9 Å². The highest BCUT2D eigenvalue weighted by molar-refractivity contribution is 5.96. The molecule has 0 aromatic heterocycles. The molecule has 14 heteroatoms. The van der Waals surface area contributed by atoms with Gasteiger partial charge in [-0.3, -0.25) is 24.2 Å². The van der Waals surface area contributed by atoms with Gasteiger partial charge in [0.15, 0.2) is 5.96 Å². The summed E-state index contributed by atoms with van der Waals surface area (Å²) in [4.78, 5) is 65.8. The van der Waals surface area contributed by atoms with Crippen molar-refractivity contribution in [1.82, 2.24) is 16.0 Å². The molecule has 0 fully saturated rings. The molecule has 12 N–H and O–H groups in total. The lowest BCUT2D eigenvalue weighted by molar-refractivity contribution is -0.142. The van der Waals surface area contributed by atoms with E-state index in [-0.39, 0.29) is 37.7 Å². The number of rotatable bonds is 16. The molecule has 1 rings (SSSR count). The van der Waals surface area contributed by atoms with Gasteiger partial charge in [-0.25, -0.2) is 4.79 Å². The molecule has 0 radical (unpaired) electrons. The number of benzene rings is 1. The quantitative estimate of drug-likeness (QED) is 0.0642. The number of carbonyl (C=O) groups is 5. The van der Waals surface area contributed by atoms with Crippen molar-refractivity contribution in [2.75, 3.05) is 6.54 Å². The number of nitrogens with two attached hydrogens (primary N) is 4. The summed E-state index contributed by atoms with van der Waals surface area (Å²) >= 11 is 0. The Morgan fingerprint density at radius 2 is 1.42 bits per heavy atom. The number of guanidine groups is 1. The van der Waals surface area contributed by atoms with Gasteiger partial charge in [-0.1, -0.05) is 44.2 Å². The van der Waals surface area contributed by atoms with Crippen LogP contribution in [0.5, 0.6) is 0 Å². The minimum atomic E-state index is -1.49. The Morgan fingerprint density at radius 1 is 0.868 bits per heavy atom. The molecule has 38 heavy (non-hydrogen) atoms. The Labute approximate surface area is 221 Å². The Morgan fingerprint density at radius 3 is 1.95 bits per heavy atom. The normalized spacial score (nSPS) is 13.9. The van der Waals surface area contributed by atoms with E-state index in [0.29, 0.717) is 5.56 Å². The third kappa shape index (κ3) is 11.7. The van der Waals surface area contributed by atoms with Crippen molar-refractivity contribution in [2.45, 2.75) is 63.7 Å². The average Bonchev–Trinajstić information content (AvgIpc) is 2.84. The molecule has 4 amide bonds. The highest BCUT2D eigenvalue weighted by Crippen LogP contribution is 2.07. The van der Waals surface area contributed by atoms with E-state index in [4.69, 9.17) is 22.9 Å². The lowest BCUT2D eigenvalue weighted by Crippen LogP contribution is -2.58. The van der Waals surface area contributed by atoms with Gasteiger partial charge in [0.1, 0.15) is 18.1 Å². The maximum Gasteiger partial charge on any atom is 0.326 e. The number of hydrogen-bond donors (Lipinski definition) is 8. The topological polar surface area (TPSA) is 258 Å². The van der Waals surface area contributed by atoms with E-state index in [1.165, 1.54) is 0 Å². The molecule has 0 heterocycles. The summed E-state index contributed by atoms with van der Waals surface area (Å²) in [5, 5.41) is 16.8. The van der Waals surface area contributed by atoms with Crippen LogP contribution >= 0.6 is 0 Å². The fourth-order valence-corrected chi connectivity index (χ4v) is 3.35. The summed E-state index contributed by atoms with van der Waals surface area (Å²) in [5.74, 6) is -4.88. The second-order valence-electron chi connectivity index (χ2n) is 9.10. The van der Waals surface area contributed by atoms with Crippen LogP contribution < -0.4 is 38.9 Å². The minimum Gasteiger partial charge on any atom is -0.480 e. The summed E-state index contributed by atoms with van der Waals surface area (Å²) < 4.78 is 0. The lowest BCUT2D eigenvalue weighted by atomic mass is 10.0. The van der Waals surface area contributed by atoms with Crippen LogP contribution in [0.3, 0.4) is 0 Å². The van der Waals surface area contributed by atoms with Crippen LogP contribution in [-0.4, -0.2) is 71.4 Å². The van der Waals surface area contributed by atoms with Crippen LogP contribution in [0, 0.1) is 5.92 Å². The number of carboxylic acids is 1. The van der Waals surface area contributed by atoms with Gasteiger partial charge in [0.05, 0.1) is 12.5 Å². The Balaban J connectivity index is 3.06. The molecule has 0 spiro atoms. The first-order valence-corrected chi connectivity index (χ1v) is 12.1. The first-order valence-electron chi connectivity index (χ1n) is 12.1. The standard InChI is InChI=1S/C24H38N8O6/c1-13(2)19(26)22(36)32-16(11-14-7-4-3-5-8-14)20(34)31-17(12-18(25)33)21(35)30-15(23(37)38)9-6-10-29-24(27)28/h3-5,7-8,13,15-17,19H,6,9-12,26H2,1-2H3,(H2,25,33)(H,30,35)(H,31,34)(H,32,36)(H,37,38)(H4,27,28,29). The molecule has 0 saturated heterocycles. The molecule has 0 aliphatic carbocycles. The lowest BCUT2D eigenvalue weighted by Gasteiger charge is -2.25. The molecule has 4 atom stereocenters. The zero-order valence-corrected chi connectivity index (χ0v) is 21.6. The van der Waals surface area contributed by atoms with Crippen LogP contribution in [0.2, 0.25) is 0 Å². The number of carbonyl (C=O) groups excluding carboxylic acids is 4. The number of primary amides is 1. The first-order chi connectivity index (χ1) is 17.8.